The molecule has 2 amide bonds. The molecule has 21 heavy (non-hydrogen) atoms. The summed E-state index contributed by atoms with van der Waals surface area (Å²) in [5, 5.41) is 15.5. The summed E-state index contributed by atoms with van der Waals surface area (Å²) >= 11 is 0. The van der Waals surface area contributed by atoms with Crippen molar-refractivity contribution in [2.75, 3.05) is 26.7 Å². The van der Waals surface area contributed by atoms with E-state index >= 15 is 0 Å². The second kappa shape index (κ2) is 7.64. The smallest absolute Gasteiger partial charge is 0.317 e. The molecule has 0 aromatic heterocycles. The molecule has 1 aliphatic heterocycles. The van der Waals surface area contributed by atoms with Gasteiger partial charge in [-0.1, -0.05) is 12.8 Å². The van der Waals surface area contributed by atoms with Crippen molar-refractivity contribution < 1.29 is 14.7 Å². The number of piperidine rings is 1. The zero-order valence-corrected chi connectivity index (χ0v) is 12.8. The number of nitrogens with zero attached hydrogens (tertiary/aromatic N) is 1. The maximum absolute atomic E-state index is 12.2. The van der Waals surface area contributed by atoms with E-state index in [9.17, 15) is 14.7 Å². The first-order valence-electron chi connectivity index (χ1n) is 8.03. The molecular formula is C15H27N3O3. The Morgan fingerprint density at radius 2 is 1.86 bits per heavy atom. The van der Waals surface area contributed by atoms with E-state index in [1.54, 1.807) is 4.90 Å². The van der Waals surface area contributed by atoms with E-state index < -0.39 is 5.97 Å². The number of hydrogen-bond donors (Lipinski definition) is 3. The van der Waals surface area contributed by atoms with Gasteiger partial charge in [0, 0.05) is 19.6 Å². The largest absolute Gasteiger partial charge is 0.481 e. The Hall–Kier alpha value is -1.30. The highest BCUT2D eigenvalue weighted by molar-refractivity contribution is 5.74. The molecule has 2 unspecified atom stereocenters. The second-order valence-corrected chi connectivity index (χ2v) is 6.27. The fourth-order valence-corrected chi connectivity index (χ4v) is 3.48. The highest BCUT2D eigenvalue weighted by Gasteiger charge is 2.31. The van der Waals surface area contributed by atoms with Gasteiger partial charge in [-0.3, -0.25) is 4.79 Å². The van der Waals surface area contributed by atoms with Crippen LogP contribution in [0.15, 0.2) is 0 Å². The van der Waals surface area contributed by atoms with Gasteiger partial charge in [-0.15, -0.1) is 0 Å². The maximum Gasteiger partial charge on any atom is 0.317 e. The first kappa shape index (κ1) is 16.1. The van der Waals surface area contributed by atoms with Gasteiger partial charge in [0.05, 0.1) is 5.92 Å². The van der Waals surface area contributed by atoms with Crippen molar-refractivity contribution in [2.24, 2.45) is 11.8 Å². The van der Waals surface area contributed by atoms with Crippen molar-refractivity contribution in [1.82, 2.24) is 15.5 Å². The lowest BCUT2D eigenvalue weighted by Crippen LogP contribution is -2.49. The number of rotatable bonds is 4. The topological polar surface area (TPSA) is 81.7 Å². The zero-order chi connectivity index (χ0) is 15.2. The third kappa shape index (κ3) is 4.33. The van der Waals surface area contributed by atoms with Gasteiger partial charge in [-0.05, 0) is 44.7 Å². The molecule has 120 valence electrons. The van der Waals surface area contributed by atoms with Gasteiger partial charge in [0.2, 0.25) is 0 Å². The van der Waals surface area contributed by atoms with E-state index in [1.807, 2.05) is 7.05 Å². The average Bonchev–Trinajstić information content (AvgIpc) is 2.52. The molecule has 0 bridgehead atoms. The fraction of sp³-hybridized carbons (Fsp3) is 0.867. The Labute approximate surface area is 126 Å². The Morgan fingerprint density at radius 1 is 1.19 bits per heavy atom. The number of aliphatic carboxylic acids is 1. The summed E-state index contributed by atoms with van der Waals surface area (Å²) in [6, 6.07) is 0.212. The Bertz CT molecular complexity index is 369. The number of urea groups is 1. The van der Waals surface area contributed by atoms with Gasteiger partial charge in [-0.25, -0.2) is 4.79 Å². The monoisotopic (exact) mass is 297 g/mol. The third-order valence-electron chi connectivity index (χ3n) is 4.92. The van der Waals surface area contributed by atoms with Crippen LogP contribution in [0, 0.1) is 11.8 Å². The SMILES string of the molecule is CN(C(=O)NCC1CCCCC1C(=O)O)C1CCNCC1. The molecule has 2 fully saturated rings. The lowest BCUT2D eigenvalue weighted by molar-refractivity contribution is -0.144. The number of hydrogen-bond acceptors (Lipinski definition) is 3. The van der Waals surface area contributed by atoms with Gasteiger partial charge >= 0.3 is 12.0 Å². The standard InChI is InChI=1S/C15H27N3O3/c1-18(12-6-8-16-9-7-12)15(21)17-10-11-4-2-3-5-13(11)14(19)20/h11-13,16H,2-10H2,1H3,(H,17,21)(H,19,20). The molecule has 6 heteroatoms. The summed E-state index contributed by atoms with van der Waals surface area (Å²) in [4.78, 5) is 25.2. The quantitative estimate of drug-likeness (QED) is 0.730. The molecular weight excluding hydrogens is 270 g/mol. The van der Waals surface area contributed by atoms with E-state index in [4.69, 9.17) is 0 Å². The molecule has 2 aliphatic rings. The lowest BCUT2D eigenvalue weighted by atomic mass is 9.79. The van der Waals surface area contributed by atoms with Crippen LogP contribution in [0.5, 0.6) is 0 Å². The minimum atomic E-state index is -0.722. The van der Waals surface area contributed by atoms with Crippen LogP contribution in [0.4, 0.5) is 4.79 Å². The van der Waals surface area contributed by atoms with Gasteiger partial charge in [0.25, 0.3) is 0 Å². The van der Waals surface area contributed by atoms with Crippen molar-refractivity contribution >= 4 is 12.0 Å². The van der Waals surface area contributed by atoms with Crippen LogP contribution in [0.25, 0.3) is 0 Å². The van der Waals surface area contributed by atoms with Gasteiger partial charge < -0.3 is 20.6 Å². The molecule has 6 nitrogen and oxygen atoms in total. The normalized spacial score (nSPS) is 27.1. The minimum absolute atomic E-state index is 0.0709. The van der Waals surface area contributed by atoms with Gasteiger partial charge in [-0.2, -0.15) is 0 Å². The molecule has 2 atom stereocenters. The Balaban J connectivity index is 1.80. The van der Waals surface area contributed by atoms with E-state index in [0.717, 1.165) is 51.6 Å². The van der Waals surface area contributed by atoms with Gasteiger partial charge in [0.1, 0.15) is 0 Å². The molecule has 2 rings (SSSR count). The molecule has 1 aliphatic carbocycles. The first-order chi connectivity index (χ1) is 10.1. The summed E-state index contributed by atoms with van der Waals surface area (Å²) in [7, 11) is 1.83. The molecule has 0 spiro atoms. The number of carbonyl (C=O) groups is 2. The molecule has 1 heterocycles. The van der Waals surface area contributed by atoms with E-state index in [0.29, 0.717) is 6.54 Å². The van der Waals surface area contributed by atoms with E-state index in [2.05, 4.69) is 10.6 Å². The summed E-state index contributed by atoms with van der Waals surface area (Å²) in [5.74, 6) is -0.953. The van der Waals surface area contributed by atoms with Crippen molar-refractivity contribution in [2.45, 2.75) is 44.6 Å². The number of carboxylic acids is 1. The minimum Gasteiger partial charge on any atom is -0.481 e. The first-order valence-corrected chi connectivity index (χ1v) is 8.03. The van der Waals surface area contributed by atoms with Crippen molar-refractivity contribution in [3.63, 3.8) is 0 Å². The second-order valence-electron chi connectivity index (χ2n) is 6.27. The van der Waals surface area contributed by atoms with Crippen LogP contribution in [0.2, 0.25) is 0 Å². The number of carboxylic acid groups (broad SMARTS) is 1. The Morgan fingerprint density at radius 3 is 2.52 bits per heavy atom. The molecule has 0 radical (unpaired) electrons. The van der Waals surface area contributed by atoms with E-state index in [1.165, 1.54) is 0 Å². The van der Waals surface area contributed by atoms with Crippen molar-refractivity contribution in [3.05, 3.63) is 0 Å². The summed E-state index contributed by atoms with van der Waals surface area (Å²) < 4.78 is 0. The third-order valence-corrected chi connectivity index (χ3v) is 4.92. The van der Waals surface area contributed by atoms with Crippen LogP contribution in [0.1, 0.15) is 38.5 Å². The summed E-state index contributed by atoms with van der Waals surface area (Å²) in [6.07, 6.45) is 5.63. The number of nitrogens with one attached hydrogen (secondary N) is 2. The van der Waals surface area contributed by atoms with Crippen molar-refractivity contribution in [3.8, 4) is 0 Å². The lowest BCUT2D eigenvalue weighted by Gasteiger charge is -2.33. The predicted octanol–water partition coefficient (Wildman–Crippen LogP) is 1.27. The van der Waals surface area contributed by atoms with Crippen LogP contribution in [-0.2, 0) is 4.79 Å². The average molecular weight is 297 g/mol. The zero-order valence-electron chi connectivity index (χ0n) is 12.8. The highest BCUT2D eigenvalue weighted by Crippen LogP contribution is 2.29. The van der Waals surface area contributed by atoms with Crippen LogP contribution >= 0.6 is 0 Å². The molecule has 0 aromatic carbocycles. The number of carbonyl (C=O) groups excluding carboxylic acids is 1. The summed E-state index contributed by atoms with van der Waals surface area (Å²) in [5.41, 5.74) is 0. The molecule has 1 saturated heterocycles. The molecule has 0 aromatic rings. The van der Waals surface area contributed by atoms with E-state index in [-0.39, 0.29) is 23.9 Å². The highest BCUT2D eigenvalue weighted by atomic mass is 16.4. The number of amides is 2. The molecule has 1 saturated carbocycles. The van der Waals surface area contributed by atoms with Crippen LogP contribution in [0.3, 0.4) is 0 Å². The Kier molecular flexibility index (Phi) is 5.85. The van der Waals surface area contributed by atoms with Gasteiger partial charge in [0.15, 0.2) is 0 Å². The molecule has 3 N–H and O–H groups in total. The van der Waals surface area contributed by atoms with Crippen LogP contribution < -0.4 is 10.6 Å². The predicted molar refractivity (Wildman–Crippen MR) is 80.1 cm³/mol. The summed E-state index contributed by atoms with van der Waals surface area (Å²) in [6.45, 7) is 2.38. The maximum atomic E-state index is 12.2. The van der Waals surface area contributed by atoms with Crippen molar-refractivity contribution in [1.29, 1.82) is 0 Å². The van der Waals surface area contributed by atoms with Crippen LogP contribution in [-0.4, -0.2) is 54.7 Å². The fourth-order valence-electron chi connectivity index (χ4n) is 3.48.